The maximum absolute atomic E-state index is 13.5. The molecule has 2 rings (SSSR count). The van der Waals surface area contributed by atoms with E-state index in [1.54, 1.807) is 14.2 Å². The maximum Gasteiger partial charge on any atom is 0.192 e. The minimum atomic E-state index is -2.00. The summed E-state index contributed by atoms with van der Waals surface area (Å²) in [5, 5.41) is 0.260. The van der Waals surface area contributed by atoms with E-state index in [9.17, 15) is 9.59 Å². The highest BCUT2D eigenvalue weighted by molar-refractivity contribution is 6.74. The van der Waals surface area contributed by atoms with Crippen molar-refractivity contribution in [2.24, 2.45) is 5.92 Å². The van der Waals surface area contributed by atoms with E-state index in [4.69, 9.17) is 27.8 Å². The molecule has 0 radical (unpaired) electrons. The van der Waals surface area contributed by atoms with Gasteiger partial charge in [-0.05, 0) is 79.6 Å². The molecular formula is C39H70O8Si2. The smallest absolute Gasteiger partial charge is 0.192 e. The van der Waals surface area contributed by atoms with Crippen LogP contribution < -0.4 is 4.74 Å². The van der Waals surface area contributed by atoms with Gasteiger partial charge in [0, 0.05) is 58.0 Å². The quantitative estimate of drug-likeness (QED) is 0.0917. The van der Waals surface area contributed by atoms with Crippen molar-refractivity contribution < 1.29 is 37.4 Å². The van der Waals surface area contributed by atoms with Crippen LogP contribution in [-0.2, 0) is 39.3 Å². The Morgan fingerprint density at radius 1 is 0.857 bits per heavy atom. The number of Topliss-reactive ketones (excluding diaryl/α,β-unsaturated/α-hetero) is 2. The molecule has 49 heavy (non-hydrogen) atoms. The zero-order chi connectivity index (χ0) is 37.0. The molecule has 1 aromatic rings. The predicted octanol–water partition coefficient (Wildman–Crippen LogP) is 9.30. The van der Waals surface area contributed by atoms with Crippen LogP contribution in [0.5, 0.6) is 5.75 Å². The van der Waals surface area contributed by atoms with E-state index in [1.165, 1.54) is 0 Å². The molecule has 0 aromatic heterocycles. The number of hydrogen-bond donors (Lipinski definition) is 0. The lowest BCUT2D eigenvalue weighted by Crippen LogP contribution is -2.45. The molecule has 1 heterocycles. The summed E-state index contributed by atoms with van der Waals surface area (Å²) >= 11 is 0. The fraction of sp³-hybridized carbons (Fsp3) is 0.795. The first-order valence-corrected chi connectivity index (χ1v) is 24.2. The Labute approximate surface area is 300 Å². The fourth-order valence-corrected chi connectivity index (χ4v) is 7.98. The van der Waals surface area contributed by atoms with E-state index >= 15 is 0 Å². The zero-order valence-corrected chi connectivity index (χ0v) is 35.2. The van der Waals surface area contributed by atoms with Crippen molar-refractivity contribution in [2.45, 2.75) is 167 Å². The lowest BCUT2D eigenvalue weighted by atomic mass is 9.91. The molecule has 10 heteroatoms. The van der Waals surface area contributed by atoms with Crippen molar-refractivity contribution >= 4 is 28.2 Å². The summed E-state index contributed by atoms with van der Waals surface area (Å²) in [6, 6.07) is 7.79. The molecule has 1 saturated heterocycles. The van der Waals surface area contributed by atoms with Gasteiger partial charge in [-0.1, -0.05) is 60.6 Å². The monoisotopic (exact) mass is 722 g/mol. The first-order chi connectivity index (χ1) is 22.7. The minimum Gasteiger partial charge on any atom is -0.497 e. The summed E-state index contributed by atoms with van der Waals surface area (Å²) in [4.78, 5) is 26.1. The second-order valence-electron chi connectivity index (χ2n) is 17.2. The Morgan fingerprint density at radius 2 is 1.47 bits per heavy atom. The highest BCUT2D eigenvalue weighted by Crippen LogP contribution is 2.39. The van der Waals surface area contributed by atoms with Gasteiger partial charge < -0.3 is 27.8 Å². The van der Waals surface area contributed by atoms with Crippen LogP contribution in [0.3, 0.4) is 0 Å². The normalized spacial score (nSPS) is 19.8. The van der Waals surface area contributed by atoms with Crippen LogP contribution in [0.4, 0.5) is 0 Å². The Kier molecular flexibility index (Phi) is 17.4. The van der Waals surface area contributed by atoms with Gasteiger partial charge in [-0.3, -0.25) is 9.59 Å². The summed E-state index contributed by atoms with van der Waals surface area (Å²) in [6.07, 6.45) is 3.95. The van der Waals surface area contributed by atoms with Gasteiger partial charge in [0.2, 0.25) is 0 Å². The predicted molar refractivity (Wildman–Crippen MR) is 203 cm³/mol. The molecule has 0 saturated carbocycles. The molecule has 0 N–H and O–H groups in total. The van der Waals surface area contributed by atoms with Crippen molar-refractivity contribution in [1.29, 1.82) is 0 Å². The third-order valence-corrected chi connectivity index (χ3v) is 20.1. The number of carbonyl (C=O) groups is 2. The highest BCUT2D eigenvalue weighted by Gasteiger charge is 2.40. The molecule has 8 nitrogen and oxygen atoms in total. The van der Waals surface area contributed by atoms with Crippen LogP contribution >= 0.6 is 0 Å². The number of carbonyl (C=O) groups excluding carboxylic acids is 2. The van der Waals surface area contributed by atoms with Crippen molar-refractivity contribution in [1.82, 2.24) is 0 Å². The third kappa shape index (κ3) is 15.0. The fourth-order valence-electron chi connectivity index (χ4n) is 5.49. The average Bonchev–Trinajstić information content (AvgIpc) is 3.00. The lowest BCUT2D eigenvalue weighted by Gasteiger charge is -2.40. The van der Waals surface area contributed by atoms with Crippen LogP contribution in [-0.4, -0.2) is 80.1 Å². The number of ketones is 2. The van der Waals surface area contributed by atoms with E-state index in [0.717, 1.165) is 30.6 Å². The third-order valence-electron chi connectivity index (χ3n) is 11.0. The number of ether oxygens (including phenoxy) is 4. The Morgan fingerprint density at radius 3 is 2.04 bits per heavy atom. The Bertz CT molecular complexity index is 1140. The van der Waals surface area contributed by atoms with Gasteiger partial charge in [0.25, 0.3) is 0 Å². The van der Waals surface area contributed by atoms with Crippen LogP contribution in [0.1, 0.15) is 105 Å². The number of hydrogen-bond acceptors (Lipinski definition) is 8. The highest BCUT2D eigenvalue weighted by atomic mass is 28.4. The zero-order valence-electron chi connectivity index (χ0n) is 33.2. The summed E-state index contributed by atoms with van der Waals surface area (Å²) in [7, 11) is -0.569. The summed E-state index contributed by atoms with van der Waals surface area (Å²) in [5.41, 5.74) is 1.07. The molecule has 0 unspecified atom stereocenters. The molecule has 1 fully saturated rings. The van der Waals surface area contributed by atoms with E-state index < -0.39 is 16.6 Å². The number of benzene rings is 1. The van der Waals surface area contributed by atoms with Gasteiger partial charge in [0.1, 0.15) is 17.3 Å². The van der Waals surface area contributed by atoms with Gasteiger partial charge in [-0.15, -0.1) is 0 Å². The summed E-state index contributed by atoms with van der Waals surface area (Å²) < 4.78 is 36.6. The summed E-state index contributed by atoms with van der Waals surface area (Å²) in [6.45, 7) is 26.5. The average molecular weight is 723 g/mol. The molecule has 0 spiro atoms. The molecule has 1 aromatic carbocycles. The van der Waals surface area contributed by atoms with Crippen molar-refractivity contribution in [3.8, 4) is 5.75 Å². The van der Waals surface area contributed by atoms with Crippen LogP contribution in [0.2, 0.25) is 36.3 Å². The first-order valence-electron chi connectivity index (χ1n) is 18.4. The molecule has 1 aliphatic rings. The van der Waals surface area contributed by atoms with E-state index in [-0.39, 0.29) is 52.0 Å². The largest absolute Gasteiger partial charge is 0.497 e. The number of methoxy groups -OCH3 is 2. The molecule has 0 aliphatic carbocycles. The molecular weight excluding hydrogens is 653 g/mol. The van der Waals surface area contributed by atoms with Gasteiger partial charge in [-0.25, -0.2) is 0 Å². The van der Waals surface area contributed by atoms with Gasteiger partial charge in [0.15, 0.2) is 16.6 Å². The second-order valence-corrected chi connectivity index (χ2v) is 26.7. The van der Waals surface area contributed by atoms with Crippen LogP contribution in [0.25, 0.3) is 0 Å². The Balaban J connectivity index is 1.89. The van der Waals surface area contributed by atoms with E-state index in [1.807, 2.05) is 31.2 Å². The molecule has 1 aliphatic heterocycles. The molecule has 5 atom stereocenters. The minimum absolute atomic E-state index is 0.0536. The van der Waals surface area contributed by atoms with Crippen LogP contribution in [0, 0.1) is 5.92 Å². The lowest BCUT2D eigenvalue weighted by molar-refractivity contribution is -0.140. The van der Waals surface area contributed by atoms with Gasteiger partial charge >= 0.3 is 0 Å². The standard InChI is InChI=1S/C39H70O8Si2/c1-29(14-17-33(47-49(12,13)39(5,6)7)21-23-45-48(10,11)38(2,3)4)37(41)27-35(43-9)26-36-25-31(40)24-34(46-36)20-22-44-28-30-15-18-32(42-8)19-16-30/h15-16,18-19,29,33-36H,14,17,20-28H2,1-13H3/t29-,33-,34-,35+,36-/m0/s1. The first kappa shape index (κ1) is 43.8. The molecule has 0 amide bonds. The second kappa shape index (κ2) is 19.4. The molecule has 0 bridgehead atoms. The van der Waals surface area contributed by atoms with Crippen molar-refractivity contribution in [2.75, 3.05) is 27.4 Å². The van der Waals surface area contributed by atoms with Crippen molar-refractivity contribution in [3.05, 3.63) is 29.8 Å². The van der Waals surface area contributed by atoms with Crippen molar-refractivity contribution in [3.63, 3.8) is 0 Å². The van der Waals surface area contributed by atoms with E-state index in [0.29, 0.717) is 51.9 Å². The maximum atomic E-state index is 13.5. The molecule has 282 valence electrons. The van der Waals surface area contributed by atoms with Gasteiger partial charge in [-0.2, -0.15) is 0 Å². The number of rotatable bonds is 21. The summed E-state index contributed by atoms with van der Waals surface area (Å²) in [5.74, 6) is 1.07. The SMILES string of the molecule is COc1ccc(COCC[C@H]2CC(=O)C[C@@H](C[C@H](CC(=O)[C@@H](C)CC[C@@H](CCO[Si](C)(C)C(C)(C)C)O[Si](C)(C)C(C)(C)C)OC)O2)cc1. The topological polar surface area (TPSA) is 89.5 Å². The van der Waals surface area contributed by atoms with E-state index in [2.05, 4.69) is 67.7 Å². The van der Waals surface area contributed by atoms with Crippen LogP contribution in [0.15, 0.2) is 24.3 Å². The Hall–Kier alpha value is -1.41. The van der Waals surface area contributed by atoms with Gasteiger partial charge in [0.05, 0.1) is 32.0 Å².